The monoisotopic (exact) mass is 1370 g/mol. The van der Waals surface area contributed by atoms with Crippen molar-refractivity contribution in [1.29, 1.82) is 0 Å². The molecule has 2 heterocycles. The number of benzene rings is 2. The molecule has 0 saturated carbocycles. The van der Waals surface area contributed by atoms with Crippen LogP contribution in [-0.4, -0.2) is 136 Å². The fraction of sp³-hybridized carbons (Fsp3) is 0.687. The van der Waals surface area contributed by atoms with Gasteiger partial charge in [-0.25, -0.2) is 31.1 Å². The summed E-state index contributed by atoms with van der Waals surface area (Å²) in [6.45, 7) is 29.0. The molecule has 0 bridgehead atoms. The number of carbonyl (C=O) groups is 6. The summed E-state index contributed by atoms with van der Waals surface area (Å²) in [7, 11) is -8.47. The summed E-state index contributed by atoms with van der Waals surface area (Å²) in [6, 6.07) is -5.19. The Hall–Kier alpha value is -7.32. The van der Waals surface area contributed by atoms with Crippen molar-refractivity contribution in [2.75, 3.05) is 19.6 Å². The van der Waals surface area contributed by atoms with Crippen molar-refractivity contribution < 1.29 is 64.6 Å². The molecule has 532 valence electrons. The van der Waals surface area contributed by atoms with E-state index in [1.165, 1.54) is 0 Å². The predicted molar refractivity (Wildman–Crippen MR) is 367 cm³/mol. The van der Waals surface area contributed by atoms with Gasteiger partial charge in [0, 0.05) is 26.1 Å². The molecule has 4 atom stereocenters. The third kappa shape index (κ3) is 24.4. The number of alkyl carbamates (subject to hydrolysis) is 1. The van der Waals surface area contributed by atoms with Crippen LogP contribution in [0.25, 0.3) is 5.53 Å². The molecule has 0 saturated heterocycles. The maximum Gasteiger partial charge on any atom is 0.407 e. The fourth-order valence-corrected chi connectivity index (χ4v) is 14.8. The Morgan fingerprint density at radius 3 is 1.53 bits per heavy atom. The number of hydrogen-bond donors (Lipinski definition) is 9. The van der Waals surface area contributed by atoms with Crippen molar-refractivity contribution in [2.24, 2.45) is 27.4 Å². The minimum Gasteiger partial charge on any atom is -0.487 e. The van der Waals surface area contributed by atoms with Crippen LogP contribution in [-0.2, 0) is 61.6 Å². The summed E-state index contributed by atoms with van der Waals surface area (Å²) in [4.78, 5) is 94.4. The Morgan fingerprint density at radius 2 is 1.05 bits per heavy atom. The van der Waals surface area contributed by atoms with E-state index in [1.54, 1.807) is 62.3 Å². The zero-order valence-electron chi connectivity index (χ0n) is 59.1. The molecule has 28 heteroatoms. The Morgan fingerprint density at radius 1 is 0.611 bits per heavy atom. The summed E-state index contributed by atoms with van der Waals surface area (Å²) in [5.41, 5.74) is 25.3. The first kappa shape index (κ1) is 80.1. The number of carbonyl (C=O) groups excluding carboxylic acids is 6. The zero-order valence-corrected chi connectivity index (χ0v) is 60.7. The highest BCUT2D eigenvalue weighted by atomic mass is 32.2. The molecular weight excluding hydrogens is 1260 g/mol. The maximum absolute atomic E-state index is 14.5. The van der Waals surface area contributed by atoms with Gasteiger partial charge >= 0.3 is 12.3 Å². The van der Waals surface area contributed by atoms with Crippen LogP contribution in [0.15, 0.2) is 19.8 Å². The van der Waals surface area contributed by atoms with Crippen LogP contribution < -0.4 is 57.0 Å². The number of unbranched alkanes of at least 4 members (excludes halogenated alkanes) is 7. The molecule has 0 spiro atoms. The lowest BCUT2D eigenvalue weighted by atomic mass is 9.88. The minimum absolute atomic E-state index is 0.00511. The van der Waals surface area contributed by atoms with Gasteiger partial charge in [-0.1, -0.05) is 59.3 Å². The number of amides is 5. The number of Topliss-reactive ketones (excluding diaryl/α,β-unsaturated/α-hetero) is 1. The van der Waals surface area contributed by atoms with Gasteiger partial charge in [0.05, 0.1) is 15.8 Å². The first-order chi connectivity index (χ1) is 44.3. The molecule has 2 aromatic carbocycles. The number of nitrogens with zero attached hydrogens (tertiary/aromatic N) is 4. The number of sulfonamides is 2. The summed E-state index contributed by atoms with van der Waals surface area (Å²) in [5.74, 6) is -3.60. The zero-order chi connectivity index (χ0) is 71.4. The molecule has 2 aromatic rings. The number of aliphatic imine (C=N–C) groups is 2. The molecule has 2 aliphatic rings. The third-order valence-corrected chi connectivity index (χ3v) is 20.4. The maximum atomic E-state index is 14.5. The van der Waals surface area contributed by atoms with Gasteiger partial charge in [-0.2, -0.15) is 4.79 Å². The number of hydrogen-bond acceptors (Lipinski definition) is 15. The van der Waals surface area contributed by atoms with E-state index in [0.29, 0.717) is 89.6 Å². The fourth-order valence-electron chi connectivity index (χ4n) is 11.7. The van der Waals surface area contributed by atoms with Gasteiger partial charge in [0.15, 0.2) is 0 Å². The van der Waals surface area contributed by atoms with Crippen LogP contribution in [0.3, 0.4) is 0 Å². The molecule has 0 radical (unpaired) electrons. The number of fused-ring (bicyclic) bond motifs is 2. The number of ether oxygens (including phenoxy) is 3. The molecule has 0 unspecified atom stereocenters. The van der Waals surface area contributed by atoms with Crippen LogP contribution in [0, 0.1) is 47.5 Å². The van der Waals surface area contributed by atoms with Gasteiger partial charge in [0.25, 0.3) is 25.8 Å². The van der Waals surface area contributed by atoms with E-state index in [1.807, 2.05) is 41.5 Å². The van der Waals surface area contributed by atoms with Gasteiger partial charge in [-0.05, 0) is 217 Å². The topological polar surface area (TPSA) is 396 Å². The molecule has 0 fully saturated rings. The second-order valence-electron chi connectivity index (χ2n) is 27.7. The number of nitrogens with one attached hydrogen (secondary N) is 7. The van der Waals surface area contributed by atoms with Crippen molar-refractivity contribution in [3.8, 4) is 11.5 Å². The highest BCUT2D eigenvalue weighted by Crippen LogP contribution is 2.44. The molecular formula is C67H109N13O13S2. The van der Waals surface area contributed by atoms with E-state index in [-0.39, 0.29) is 80.3 Å². The smallest absolute Gasteiger partial charge is 0.407 e. The van der Waals surface area contributed by atoms with Crippen molar-refractivity contribution in [3.05, 3.63) is 50.0 Å². The van der Waals surface area contributed by atoms with E-state index >= 15 is 0 Å². The standard InChI is InChI=1S/C67H109N13O13S2/c1-17-18-19-20-21-22-23-31-53(82)75-50(30-27-38-72-63(69)80-95(89,90)58-44(7)42(5)56-48(46(58)9)33-35-67(15,16)92-56)60(84)78-54(40(2)3)61(85)77-51(28-24-25-36-73-64(86)93-65(10,11)12)59(83)76-49(52(81)39-74-70)29-26-37-71-62(68)79-94(87,88)57-43(6)41(4)55-47(45(57)8)32-34-66(13,14)91-55/h39-40,49-51,54H,17-38H2,1-16H3,(H,73,86)(H,75,82)(H,76,83)(H,77,85)(H,78,84)(H3,68,71,79)(H3,69,72,80)/t49-,50-,51-,54-/m0/s1. The second-order valence-corrected chi connectivity index (χ2v) is 30.9. The van der Waals surface area contributed by atoms with Crippen molar-refractivity contribution in [1.82, 2.24) is 36.0 Å². The van der Waals surface area contributed by atoms with E-state index in [9.17, 15) is 51.1 Å². The Bertz CT molecular complexity index is 3430. The number of rotatable bonds is 35. The summed E-state index contributed by atoms with van der Waals surface area (Å²) in [5, 5.41) is 13.7. The van der Waals surface area contributed by atoms with Gasteiger partial charge in [-0.15, -0.1) is 0 Å². The van der Waals surface area contributed by atoms with Gasteiger partial charge in [0.2, 0.25) is 35.5 Å². The molecule has 11 N–H and O–H groups in total. The number of nitrogens with two attached hydrogens (primary N) is 2. The Kier molecular flexibility index (Phi) is 30.0. The van der Waals surface area contributed by atoms with Crippen LogP contribution in [0.1, 0.15) is 223 Å². The van der Waals surface area contributed by atoms with E-state index in [4.69, 9.17) is 25.7 Å². The number of ketones is 1. The predicted octanol–water partition coefficient (Wildman–Crippen LogP) is 7.49. The summed E-state index contributed by atoms with van der Waals surface area (Å²) >= 11 is 0. The summed E-state index contributed by atoms with van der Waals surface area (Å²) < 4.78 is 78.5. The van der Waals surface area contributed by atoms with Crippen LogP contribution in [0.5, 0.6) is 11.5 Å². The Labute approximate surface area is 563 Å². The van der Waals surface area contributed by atoms with Gasteiger partial charge in [0.1, 0.15) is 46.4 Å². The lowest BCUT2D eigenvalue weighted by Crippen LogP contribution is -2.59. The third-order valence-electron chi connectivity index (χ3n) is 17.2. The molecule has 95 heavy (non-hydrogen) atoms. The van der Waals surface area contributed by atoms with Crippen molar-refractivity contribution >= 4 is 73.7 Å². The van der Waals surface area contributed by atoms with E-state index < -0.39 is 108 Å². The molecule has 0 aromatic heterocycles. The lowest BCUT2D eigenvalue weighted by molar-refractivity contribution is -0.135. The SMILES string of the molecule is CCCCCCCCCC(=O)N[C@@H](CCCN=C(N)NS(=O)(=O)c1c(C)c(C)c2c(c1C)CCC(C)(C)O2)C(=O)N[C@H](C(=O)N[C@@H](CCCCNC(=O)OC(C)(C)C)C(=O)N[C@@H](CCCN=C(N)NS(=O)(=O)c1c(C)c(C)c2c(c1C)CCC(C)(C)O2)C(=O)C=[N+]=[N-])C(C)C. The molecule has 4 rings (SSSR count). The lowest BCUT2D eigenvalue weighted by Gasteiger charge is -2.35. The molecule has 5 amide bonds. The van der Waals surface area contributed by atoms with Crippen LogP contribution in [0.2, 0.25) is 0 Å². The molecule has 26 nitrogen and oxygen atoms in total. The normalized spacial score (nSPS) is 15.8. The highest BCUT2D eigenvalue weighted by Gasteiger charge is 2.37. The average molecular weight is 1370 g/mol. The highest BCUT2D eigenvalue weighted by molar-refractivity contribution is 7.90. The van der Waals surface area contributed by atoms with Crippen LogP contribution >= 0.6 is 0 Å². The summed E-state index contributed by atoms with van der Waals surface area (Å²) in [6.07, 6.45) is 9.98. The first-order valence-electron chi connectivity index (χ1n) is 33.4. The minimum atomic E-state index is -4.25. The largest absolute Gasteiger partial charge is 0.487 e. The number of guanidine groups is 2. The first-order valence-corrected chi connectivity index (χ1v) is 36.4. The quantitative estimate of drug-likeness (QED) is 0.0106. The van der Waals surface area contributed by atoms with Crippen molar-refractivity contribution in [2.45, 2.75) is 284 Å². The van der Waals surface area contributed by atoms with Crippen LogP contribution in [0.4, 0.5) is 4.79 Å². The van der Waals surface area contributed by atoms with Crippen molar-refractivity contribution in [3.63, 3.8) is 0 Å². The Balaban J connectivity index is 1.54. The molecule has 2 aliphatic heterocycles. The average Bonchev–Trinajstić information content (AvgIpc) is 0.755. The van der Waals surface area contributed by atoms with Gasteiger partial charge < -0.3 is 57.8 Å². The van der Waals surface area contributed by atoms with E-state index in [2.05, 4.69) is 57.7 Å². The van der Waals surface area contributed by atoms with Gasteiger partial charge in [-0.3, -0.25) is 34.0 Å². The van der Waals surface area contributed by atoms with E-state index in [0.717, 1.165) is 49.7 Å². The second kappa shape index (κ2) is 35.6. The molecule has 0 aliphatic carbocycles.